The molecule has 6 heteroatoms. The molecule has 0 aromatic heterocycles. The third-order valence-corrected chi connectivity index (χ3v) is 5.50. The fourth-order valence-electron chi connectivity index (χ4n) is 2.41. The molecule has 0 heterocycles. The van der Waals surface area contributed by atoms with E-state index in [-0.39, 0.29) is 16.2 Å². The van der Waals surface area contributed by atoms with Crippen LogP contribution < -0.4 is 4.72 Å². The number of carbonyl (C=O) groups is 1. The molecule has 1 N–H and O–H groups in total. The lowest BCUT2D eigenvalue weighted by Gasteiger charge is -2.08. The van der Waals surface area contributed by atoms with Crippen LogP contribution in [0.3, 0.4) is 0 Å². The molecular weight excluding hydrogens is 382 g/mol. The molecule has 0 aliphatic heterocycles. The van der Waals surface area contributed by atoms with Gasteiger partial charge in [0, 0.05) is 16.3 Å². The number of carbonyl (C=O) groups excluding carboxylic acids is 1. The Kier molecular flexibility index (Phi) is 5.74. The number of sulfonamides is 1. The normalized spacial score (nSPS) is 11.4. The number of hydrogen-bond acceptors (Lipinski definition) is 3. The van der Waals surface area contributed by atoms with Crippen LogP contribution in [0.4, 0.5) is 5.69 Å². The fraction of sp³-hybridized carbons (Fsp3) is 0. The van der Waals surface area contributed by atoms with Crippen LogP contribution in [0.1, 0.15) is 15.9 Å². The van der Waals surface area contributed by atoms with Crippen molar-refractivity contribution in [3.05, 3.63) is 101 Å². The van der Waals surface area contributed by atoms with Gasteiger partial charge in [-0.1, -0.05) is 60.1 Å². The molecule has 27 heavy (non-hydrogen) atoms. The molecule has 0 radical (unpaired) electrons. The smallest absolute Gasteiger partial charge is 0.261 e. The van der Waals surface area contributed by atoms with Crippen LogP contribution in [0.25, 0.3) is 6.08 Å². The van der Waals surface area contributed by atoms with Crippen molar-refractivity contribution in [2.45, 2.75) is 4.90 Å². The summed E-state index contributed by atoms with van der Waals surface area (Å²) in [6.07, 6.45) is 2.98. The number of nitrogens with one attached hydrogen (secondary N) is 1. The monoisotopic (exact) mass is 397 g/mol. The second-order valence-corrected chi connectivity index (χ2v) is 7.81. The zero-order valence-electron chi connectivity index (χ0n) is 14.2. The van der Waals surface area contributed by atoms with Crippen molar-refractivity contribution in [1.82, 2.24) is 0 Å². The number of rotatable bonds is 6. The first-order valence-electron chi connectivity index (χ1n) is 8.10. The number of allylic oxidation sites excluding steroid dienone is 1. The Morgan fingerprint density at radius 1 is 0.889 bits per heavy atom. The van der Waals surface area contributed by atoms with Crippen LogP contribution in [0.5, 0.6) is 0 Å². The minimum Gasteiger partial charge on any atom is -0.289 e. The Bertz CT molecular complexity index is 1090. The number of ketones is 1. The van der Waals surface area contributed by atoms with E-state index < -0.39 is 10.0 Å². The molecule has 3 aromatic rings. The zero-order chi connectivity index (χ0) is 19.3. The van der Waals surface area contributed by atoms with Crippen molar-refractivity contribution in [2.24, 2.45) is 0 Å². The lowest BCUT2D eigenvalue weighted by molar-refractivity contribution is 0.104. The van der Waals surface area contributed by atoms with Gasteiger partial charge in [-0.15, -0.1) is 0 Å². The van der Waals surface area contributed by atoms with Crippen molar-refractivity contribution in [3.8, 4) is 0 Å². The van der Waals surface area contributed by atoms with Crippen LogP contribution >= 0.6 is 11.6 Å². The summed E-state index contributed by atoms with van der Waals surface area (Å²) in [5.41, 5.74) is 1.43. The van der Waals surface area contributed by atoms with E-state index in [0.29, 0.717) is 16.3 Å². The van der Waals surface area contributed by atoms with Gasteiger partial charge in [0.15, 0.2) is 5.78 Å². The van der Waals surface area contributed by atoms with Gasteiger partial charge in [0.25, 0.3) is 10.0 Å². The van der Waals surface area contributed by atoms with Gasteiger partial charge in [0.1, 0.15) is 0 Å². The number of benzene rings is 3. The van der Waals surface area contributed by atoms with Crippen molar-refractivity contribution < 1.29 is 13.2 Å². The SMILES string of the molecule is O=C(/C=C/c1ccccc1Cl)c1cccc(S(=O)(=O)Nc2ccccc2)c1. The average molecular weight is 398 g/mol. The third-order valence-electron chi connectivity index (χ3n) is 3.77. The van der Waals surface area contributed by atoms with Gasteiger partial charge in [-0.05, 0) is 48.0 Å². The molecule has 0 spiro atoms. The average Bonchev–Trinajstić information content (AvgIpc) is 2.68. The van der Waals surface area contributed by atoms with E-state index in [9.17, 15) is 13.2 Å². The van der Waals surface area contributed by atoms with Crippen LogP contribution in [-0.4, -0.2) is 14.2 Å². The molecule has 0 unspecified atom stereocenters. The van der Waals surface area contributed by atoms with E-state index in [1.165, 1.54) is 24.3 Å². The highest BCUT2D eigenvalue weighted by Crippen LogP contribution is 2.19. The molecule has 0 atom stereocenters. The summed E-state index contributed by atoms with van der Waals surface area (Å²) in [5, 5.41) is 0.532. The summed E-state index contributed by atoms with van der Waals surface area (Å²) < 4.78 is 27.6. The van der Waals surface area contributed by atoms with Crippen molar-refractivity contribution in [3.63, 3.8) is 0 Å². The lowest BCUT2D eigenvalue weighted by Crippen LogP contribution is -2.13. The van der Waals surface area contributed by atoms with Gasteiger partial charge in [0.05, 0.1) is 4.90 Å². The van der Waals surface area contributed by atoms with E-state index in [4.69, 9.17) is 11.6 Å². The van der Waals surface area contributed by atoms with Crippen molar-refractivity contribution in [1.29, 1.82) is 0 Å². The highest BCUT2D eigenvalue weighted by molar-refractivity contribution is 7.92. The number of para-hydroxylation sites is 1. The van der Waals surface area contributed by atoms with Crippen molar-refractivity contribution in [2.75, 3.05) is 4.72 Å². The molecule has 0 aliphatic rings. The molecule has 0 saturated heterocycles. The predicted octanol–water partition coefficient (Wildman–Crippen LogP) is 5.04. The predicted molar refractivity (Wildman–Crippen MR) is 109 cm³/mol. The maximum absolute atomic E-state index is 12.5. The quantitative estimate of drug-likeness (QED) is 0.468. The highest BCUT2D eigenvalue weighted by Gasteiger charge is 2.15. The summed E-state index contributed by atoms with van der Waals surface area (Å²) in [5.74, 6) is -0.313. The van der Waals surface area contributed by atoms with Crippen LogP contribution in [0.2, 0.25) is 5.02 Å². The number of anilines is 1. The molecule has 4 nitrogen and oxygen atoms in total. The highest BCUT2D eigenvalue weighted by atomic mass is 35.5. The van der Waals surface area contributed by atoms with Gasteiger partial charge in [0.2, 0.25) is 0 Å². The first-order chi connectivity index (χ1) is 13.0. The summed E-state index contributed by atoms with van der Waals surface area (Å²) in [6, 6.07) is 21.6. The van der Waals surface area contributed by atoms with Crippen LogP contribution in [0.15, 0.2) is 89.8 Å². The standard InChI is InChI=1S/C21H16ClNO3S/c22-20-12-5-4-7-16(20)13-14-21(24)17-8-6-11-19(15-17)27(25,26)23-18-9-2-1-3-10-18/h1-15,23H/b14-13+. The van der Waals surface area contributed by atoms with E-state index >= 15 is 0 Å². The Morgan fingerprint density at radius 2 is 1.59 bits per heavy atom. The Hall–Kier alpha value is -2.89. The van der Waals surface area contributed by atoms with Crippen LogP contribution in [0, 0.1) is 0 Å². The molecule has 136 valence electrons. The molecule has 0 saturated carbocycles. The van der Waals surface area contributed by atoms with Gasteiger partial charge in [-0.3, -0.25) is 9.52 Å². The van der Waals surface area contributed by atoms with E-state index in [1.54, 1.807) is 60.7 Å². The molecule has 3 rings (SSSR count). The van der Waals surface area contributed by atoms with Gasteiger partial charge < -0.3 is 0 Å². The van der Waals surface area contributed by atoms with Gasteiger partial charge >= 0.3 is 0 Å². The lowest BCUT2D eigenvalue weighted by atomic mass is 10.1. The van der Waals surface area contributed by atoms with Gasteiger partial charge in [-0.25, -0.2) is 8.42 Å². The summed E-state index contributed by atoms with van der Waals surface area (Å²) in [6.45, 7) is 0. The molecule has 0 aliphatic carbocycles. The number of halogens is 1. The van der Waals surface area contributed by atoms with Crippen LogP contribution in [-0.2, 0) is 10.0 Å². The number of hydrogen-bond donors (Lipinski definition) is 1. The minimum absolute atomic E-state index is 0.0170. The van der Waals surface area contributed by atoms with Crippen molar-refractivity contribution >= 4 is 39.2 Å². The first-order valence-corrected chi connectivity index (χ1v) is 9.97. The summed E-state index contributed by atoms with van der Waals surface area (Å²) >= 11 is 6.07. The molecule has 0 bridgehead atoms. The maximum Gasteiger partial charge on any atom is 0.261 e. The van der Waals surface area contributed by atoms with E-state index in [2.05, 4.69) is 4.72 Å². The minimum atomic E-state index is -3.79. The first kappa shape index (κ1) is 18.9. The molecule has 0 amide bonds. The summed E-state index contributed by atoms with van der Waals surface area (Å²) in [7, 11) is -3.79. The molecule has 0 fully saturated rings. The third kappa shape index (κ3) is 4.84. The largest absolute Gasteiger partial charge is 0.289 e. The van der Waals surface area contributed by atoms with E-state index in [1.807, 2.05) is 6.07 Å². The Balaban J connectivity index is 1.82. The molecular formula is C21H16ClNO3S. The van der Waals surface area contributed by atoms with E-state index in [0.717, 1.165) is 0 Å². The Labute approximate surface area is 163 Å². The van der Waals surface area contributed by atoms with Gasteiger partial charge in [-0.2, -0.15) is 0 Å². The maximum atomic E-state index is 12.5. The zero-order valence-corrected chi connectivity index (χ0v) is 15.7. The summed E-state index contributed by atoms with van der Waals surface area (Å²) in [4.78, 5) is 12.4. The topological polar surface area (TPSA) is 63.2 Å². The second-order valence-electron chi connectivity index (χ2n) is 5.72. The Morgan fingerprint density at radius 3 is 2.33 bits per heavy atom. The fourth-order valence-corrected chi connectivity index (χ4v) is 3.71. The molecule has 3 aromatic carbocycles. The second kappa shape index (κ2) is 8.20.